The third kappa shape index (κ3) is 5.17. The van der Waals surface area contributed by atoms with Gasteiger partial charge in [-0.05, 0) is 91.1 Å². The Balaban J connectivity index is 1.47. The van der Waals surface area contributed by atoms with Crippen molar-refractivity contribution < 1.29 is 18.6 Å². The molecular weight excluding hydrogens is 500 g/mol. The maximum Gasteiger partial charge on any atom is 0.336 e. The summed E-state index contributed by atoms with van der Waals surface area (Å²) in [7, 11) is 3.27. The molecule has 1 aliphatic rings. The summed E-state index contributed by atoms with van der Waals surface area (Å²) in [5.41, 5.74) is 5.29. The van der Waals surface area contributed by atoms with Crippen LogP contribution >= 0.6 is 12.2 Å². The number of hydrogen-bond donors (Lipinski definition) is 1. The smallest absolute Gasteiger partial charge is 0.336 e. The normalized spacial score (nSPS) is 14.6. The molecule has 1 aromatic heterocycles. The van der Waals surface area contributed by atoms with Gasteiger partial charge in [0.05, 0.1) is 20.3 Å². The van der Waals surface area contributed by atoms with Crippen LogP contribution < -0.4 is 25.2 Å². The topological polar surface area (TPSA) is 73.2 Å². The van der Waals surface area contributed by atoms with Gasteiger partial charge in [0.15, 0.2) is 16.6 Å². The van der Waals surface area contributed by atoms with E-state index in [-0.39, 0.29) is 11.7 Å². The number of ether oxygens (including phenoxy) is 3. The van der Waals surface area contributed by atoms with E-state index in [0.29, 0.717) is 41.1 Å². The van der Waals surface area contributed by atoms with Crippen LogP contribution in [0.5, 0.6) is 17.2 Å². The maximum absolute atomic E-state index is 11.9. The predicted octanol–water partition coefficient (Wildman–Crippen LogP) is 5.80. The zero-order valence-corrected chi connectivity index (χ0v) is 22.7. The molecule has 1 atom stereocenters. The highest BCUT2D eigenvalue weighted by molar-refractivity contribution is 7.80. The minimum atomic E-state index is -0.381. The van der Waals surface area contributed by atoms with Gasteiger partial charge >= 0.3 is 5.63 Å². The second-order valence-electron chi connectivity index (χ2n) is 9.38. The third-order valence-corrected chi connectivity index (χ3v) is 7.20. The molecule has 196 valence electrons. The Morgan fingerprint density at radius 3 is 2.61 bits per heavy atom. The van der Waals surface area contributed by atoms with E-state index in [1.807, 2.05) is 43.3 Å². The Labute approximate surface area is 226 Å². The maximum atomic E-state index is 11.9. The van der Waals surface area contributed by atoms with Crippen LogP contribution in [0.15, 0.2) is 69.9 Å². The minimum absolute atomic E-state index is 0.191. The van der Waals surface area contributed by atoms with E-state index >= 15 is 0 Å². The fourth-order valence-corrected chi connectivity index (χ4v) is 5.28. The van der Waals surface area contributed by atoms with E-state index in [1.54, 1.807) is 20.3 Å². The first-order valence-corrected chi connectivity index (χ1v) is 12.8. The molecule has 7 nitrogen and oxygen atoms in total. The standard InChI is InChI=1S/C30H30N2O5S/c1-18-6-5-7-21(12-18)31-30(38)32-11-10-20-14-27(34-3)28(35-4)16-24(20)25(32)17-36-22-8-9-23-19(2)13-29(33)37-26(23)15-22/h5-9,12-16,25H,10-11,17H2,1-4H3,(H,31,38). The summed E-state index contributed by atoms with van der Waals surface area (Å²) < 4.78 is 22.9. The highest BCUT2D eigenvalue weighted by Crippen LogP contribution is 2.39. The molecule has 0 radical (unpaired) electrons. The Bertz CT molecular complexity index is 1560. The van der Waals surface area contributed by atoms with Crippen LogP contribution in [0.1, 0.15) is 28.3 Å². The number of fused-ring (bicyclic) bond motifs is 2. The van der Waals surface area contributed by atoms with Crippen molar-refractivity contribution in [2.24, 2.45) is 0 Å². The number of nitrogens with one attached hydrogen (secondary N) is 1. The van der Waals surface area contributed by atoms with Gasteiger partial charge < -0.3 is 28.8 Å². The number of methoxy groups -OCH3 is 2. The second kappa shape index (κ2) is 10.8. The lowest BCUT2D eigenvalue weighted by molar-refractivity contribution is 0.190. The first kappa shape index (κ1) is 25.6. The number of anilines is 1. The van der Waals surface area contributed by atoms with E-state index in [9.17, 15) is 4.79 Å². The molecule has 0 amide bonds. The fourth-order valence-electron chi connectivity index (χ4n) is 4.94. The highest BCUT2D eigenvalue weighted by Gasteiger charge is 2.31. The summed E-state index contributed by atoms with van der Waals surface area (Å²) in [6.07, 6.45) is 0.794. The Hall–Kier alpha value is -4.04. The van der Waals surface area contributed by atoms with Crippen LogP contribution in [0.3, 0.4) is 0 Å². The summed E-state index contributed by atoms with van der Waals surface area (Å²) in [4.78, 5) is 14.1. The average Bonchev–Trinajstić information content (AvgIpc) is 2.90. The van der Waals surface area contributed by atoms with Crippen LogP contribution in [-0.4, -0.2) is 37.4 Å². The molecule has 0 bridgehead atoms. The number of rotatable bonds is 6. The summed E-state index contributed by atoms with van der Waals surface area (Å²) >= 11 is 5.89. The summed E-state index contributed by atoms with van der Waals surface area (Å²) in [6, 6.07) is 19.0. The van der Waals surface area contributed by atoms with Gasteiger partial charge in [0.25, 0.3) is 0 Å². The Morgan fingerprint density at radius 1 is 1.05 bits per heavy atom. The number of benzene rings is 3. The van der Waals surface area contributed by atoms with E-state index in [4.69, 9.17) is 30.8 Å². The number of nitrogens with zero attached hydrogens (tertiary/aromatic N) is 1. The van der Waals surface area contributed by atoms with Gasteiger partial charge in [-0.25, -0.2) is 4.79 Å². The lowest BCUT2D eigenvalue weighted by Crippen LogP contribution is -2.44. The molecule has 0 saturated carbocycles. The molecular formula is C30H30N2O5S. The largest absolute Gasteiger partial charge is 0.493 e. The van der Waals surface area contributed by atoms with Gasteiger partial charge in [-0.3, -0.25) is 0 Å². The van der Waals surface area contributed by atoms with Crippen LogP contribution in [0.4, 0.5) is 5.69 Å². The van der Waals surface area contributed by atoms with Gasteiger partial charge in [0, 0.05) is 29.8 Å². The van der Waals surface area contributed by atoms with Crippen molar-refractivity contribution >= 4 is 34.0 Å². The number of hydrogen-bond acceptors (Lipinski definition) is 6. The lowest BCUT2D eigenvalue weighted by Gasteiger charge is -2.39. The van der Waals surface area contributed by atoms with Crippen LogP contribution in [0.2, 0.25) is 0 Å². The monoisotopic (exact) mass is 530 g/mol. The van der Waals surface area contributed by atoms with E-state index < -0.39 is 0 Å². The van der Waals surface area contributed by atoms with Crippen molar-refractivity contribution in [1.82, 2.24) is 4.90 Å². The van der Waals surface area contributed by atoms with Gasteiger partial charge in [0.2, 0.25) is 0 Å². The number of thiocarbonyl (C=S) groups is 1. The average molecular weight is 531 g/mol. The molecule has 0 fully saturated rings. The molecule has 0 saturated heterocycles. The molecule has 3 aromatic carbocycles. The Kier molecular flexibility index (Phi) is 7.24. The molecule has 38 heavy (non-hydrogen) atoms. The van der Waals surface area contributed by atoms with Gasteiger partial charge in [-0.15, -0.1) is 0 Å². The second-order valence-corrected chi connectivity index (χ2v) is 9.77. The van der Waals surface area contributed by atoms with Crippen molar-refractivity contribution in [3.8, 4) is 17.2 Å². The van der Waals surface area contributed by atoms with Crippen LogP contribution in [-0.2, 0) is 6.42 Å². The molecule has 0 spiro atoms. The van der Waals surface area contributed by atoms with Crippen molar-refractivity contribution in [3.63, 3.8) is 0 Å². The van der Waals surface area contributed by atoms with Crippen molar-refractivity contribution in [3.05, 3.63) is 93.3 Å². The SMILES string of the molecule is COc1cc2c(cc1OC)C(COc1ccc3c(C)cc(=O)oc3c1)N(C(=S)Nc1cccc(C)c1)CC2. The Morgan fingerprint density at radius 2 is 1.84 bits per heavy atom. The zero-order chi connectivity index (χ0) is 26.8. The van der Waals surface area contributed by atoms with Crippen molar-refractivity contribution in [1.29, 1.82) is 0 Å². The molecule has 2 heterocycles. The summed E-state index contributed by atoms with van der Waals surface area (Å²) in [6.45, 7) is 4.97. The van der Waals surface area contributed by atoms with Gasteiger partial charge in [0.1, 0.15) is 17.9 Å². The first-order valence-electron chi connectivity index (χ1n) is 12.4. The predicted molar refractivity (Wildman–Crippen MR) is 153 cm³/mol. The lowest BCUT2D eigenvalue weighted by atomic mass is 9.92. The van der Waals surface area contributed by atoms with Gasteiger partial charge in [-0.2, -0.15) is 0 Å². The fraction of sp³-hybridized carbons (Fsp3) is 0.267. The van der Waals surface area contributed by atoms with E-state index in [1.165, 1.54) is 6.07 Å². The highest BCUT2D eigenvalue weighted by atomic mass is 32.1. The molecule has 1 aliphatic heterocycles. The quantitative estimate of drug-likeness (QED) is 0.248. The van der Waals surface area contributed by atoms with E-state index in [0.717, 1.165) is 39.7 Å². The molecule has 8 heteroatoms. The van der Waals surface area contributed by atoms with E-state index in [2.05, 4.69) is 29.3 Å². The minimum Gasteiger partial charge on any atom is -0.493 e. The van der Waals surface area contributed by atoms with Gasteiger partial charge in [-0.1, -0.05) is 12.1 Å². The van der Waals surface area contributed by atoms with Crippen molar-refractivity contribution in [2.45, 2.75) is 26.3 Å². The molecule has 4 aromatic rings. The molecule has 1 N–H and O–H groups in total. The first-order chi connectivity index (χ1) is 18.4. The molecule has 1 unspecified atom stereocenters. The number of aryl methyl sites for hydroxylation is 2. The van der Waals surface area contributed by atoms with Crippen LogP contribution in [0, 0.1) is 13.8 Å². The molecule has 0 aliphatic carbocycles. The van der Waals surface area contributed by atoms with Crippen LogP contribution in [0.25, 0.3) is 11.0 Å². The molecule has 5 rings (SSSR count). The third-order valence-electron chi connectivity index (χ3n) is 6.86. The zero-order valence-electron chi connectivity index (χ0n) is 21.9. The summed E-state index contributed by atoms with van der Waals surface area (Å²) in [5, 5.41) is 4.89. The summed E-state index contributed by atoms with van der Waals surface area (Å²) in [5.74, 6) is 1.95. The van der Waals surface area contributed by atoms with Crippen molar-refractivity contribution in [2.75, 3.05) is 32.7 Å².